The van der Waals surface area contributed by atoms with Gasteiger partial charge in [0.15, 0.2) is 11.6 Å². The number of ether oxygens (including phenoxy) is 1. The molecule has 0 spiro atoms. The van der Waals surface area contributed by atoms with Crippen LogP contribution in [0.3, 0.4) is 0 Å². The van der Waals surface area contributed by atoms with E-state index in [1.54, 1.807) is 6.07 Å². The van der Waals surface area contributed by atoms with Gasteiger partial charge in [0.25, 0.3) is 5.91 Å². The van der Waals surface area contributed by atoms with E-state index in [0.717, 1.165) is 36.8 Å². The van der Waals surface area contributed by atoms with Crippen LogP contribution in [0, 0.1) is 11.6 Å². The summed E-state index contributed by atoms with van der Waals surface area (Å²) in [6.45, 7) is 5.88. The lowest BCUT2D eigenvalue weighted by Gasteiger charge is -2.40. The summed E-state index contributed by atoms with van der Waals surface area (Å²) < 4.78 is 66.1. The van der Waals surface area contributed by atoms with Gasteiger partial charge in [-0.15, -0.1) is 0 Å². The lowest BCUT2D eigenvalue weighted by molar-refractivity contribution is -0.129. The van der Waals surface area contributed by atoms with Crippen LogP contribution in [0.25, 0.3) is 22.0 Å². The number of rotatable bonds is 6. The average Bonchev–Trinajstić information content (AvgIpc) is 3.32. The summed E-state index contributed by atoms with van der Waals surface area (Å²) in [7, 11) is 1.81. The molecule has 11 heteroatoms. The molecule has 0 radical (unpaired) electrons. The predicted molar refractivity (Wildman–Crippen MR) is 157 cm³/mol. The fraction of sp³-hybridized carbons (Fsp3) is 0.469. The Morgan fingerprint density at radius 2 is 1.93 bits per heavy atom. The Morgan fingerprint density at radius 3 is 2.65 bits per heavy atom. The highest BCUT2D eigenvalue weighted by Gasteiger charge is 2.33. The predicted octanol–water partition coefficient (Wildman–Crippen LogP) is 5.40. The summed E-state index contributed by atoms with van der Waals surface area (Å²) >= 11 is 0. The van der Waals surface area contributed by atoms with Gasteiger partial charge in [0, 0.05) is 43.6 Å². The second-order valence-corrected chi connectivity index (χ2v) is 11.9. The molecular formula is C32H35F4N5O2. The maximum Gasteiger partial charge on any atom is 0.319 e. The van der Waals surface area contributed by atoms with Gasteiger partial charge in [0.1, 0.15) is 29.9 Å². The first-order chi connectivity index (χ1) is 20.6. The third-order valence-corrected chi connectivity index (χ3v) is 8.97. The van der Waals surface area contributed by atoms with Crippen LogP contribution in [0.15, 0.2) is 36.7 Å². The summed E-state index contributed by atoms with van der Waals surface area (Å²) in [5.74, 6) is -3.11. The van der Waals surface area contributed by atoms with Gasteiger partial charge >= 0.3 is 6.01 Å². The van der Waals surface area contributed by atoms with Gasteiger partial charge in [0.2, 0.25) is 0 Å². The van der Waals surface area contributed by atoms with Crippen LogP contribution in [0.4, 0.5) is 23.4 Å². The Bertz CT molecular complexity index is 1580. The lowest BCUT2D eigenvalue weighted by Crippen LogP contribution is -2.54. The first kappa shape index (κ1) is 29.3. The van der Waals surface area contributed by atoms with Crippen LogP contribution >= 0.6 is 0 Å². The van der Waals surface area contributed by atoms with Crippen molar-refractivity contribution in [1.82, 2.24) is 19.8 Å². The second-order valence-electron chi connectivity index (χ2n) is 11.9. The summed E-state index contributed by atoms with van der Waals surface area (Å²) in [4.78, 5) is 26.3. The van der Waals surface area contributed by atoms with E-state index in [0.29, 0.717) is 18.5 Å². The molecule has 2 aliphatic heterocycles. The highest BCUT2D eigenvalue weighted by Crippen LogP contribution is 2.40. The van der Waals surface area contributed by atoms with Crippen molar-refractivity contribution in [2.75, 3.05) is 44.7 Å². The van der Waals surface area contributed by atoms with E-state index in [1.165, 1.54) is 11.0 Å². The summed E-state index contributed by atoms with van der Waals surface area (Å²) in [5.41, 5.74) is 2.34. The quantitative estimate of drug-likeness (QED) is 0.281. The van der Waals surface area contributed by atoms with Gasteiger partial charge in [-0.2, -0.15) is 9.97 Å². The highest BCUT2D eigenvalue weighted by atomic mass is 19.1. The molecule has 6 rings (SSSR count). The van der Waals surface area contributed by atoms with Gasteiger partial charge in [-0.25, -0.2) is 17.6 Å². The van der Waals surface area contributed by atoms with Crippen molar-refractivity contribution in [3.05, 3.63) is 59.4 Å². The van der Waals surface area contributed by atoms with Gasteiger partial charge in [0.05, 0.1) is 5.56 Å². The molecule has 7 nitrogen and oxygen atoms in total. The first-order valence-corrected chi connectivity index (χ1v) is 14.8. The largest absolute Gasteiger partial charge is 0.462 e. The molecule has 3 aliphatic rings. The lowest BCUT2D eigenvalue weighted by atomic mass is 9.85. The number of alkyl halides is 1. The number of nitrogens with zero attached hydrogens (tertiary/aromatic N) is 5. The highest BCUT2D eigenvalue weighted by molar-refractivity contribution is 5.95. The Hall–Kier alpha value is -3.73. The Kier molecular flexibility index (Phi) is 8.02. The fourth-order valence-corrected chi connectivity index (χ4v) is 6.71. The number of likely N-dealkylation sites (tertiary alicyclic amines) is 1. The number of carbonyl (C=O) groups is 1. The second kappa shape index (κ2) is 11.7. The van der Waals surface area contributed by atoms with Crippen molar-refractivity contribution < 1.29 is 27.1 Å². The molecule has 3 aromatic rings. The number of likely N-dealkylation sites (N-methyl/N-ethyl adjacent to an activating group) is 1. The number of anilines is 1. The minimum absolute atomic E-state index is 0.0872. The number of hydrogen-bond donors (Lipinski definition) is 0. The van der Waals surface area contributed by atoms with Crippen LogP contribution in [0.1, 0.15) is 37.3 Å². The van der Waals surface area contributed by atoms with Gasteiger partial charge < -0.3 is 14.5 Å². The number of aryl methyl sites for hydroxylation is 1. The molecule has 0 unspecified atom stereocenters. The Morgan fingerprint density at radius 1 is 1.14 bits per heavy atom. The Labute approximate surface area is 248 Å². The number of aromatic nitrogens is 2. The van der Waals surface area contributed by atoms with E-state index in [2.05, 4.69) is 16.5 Å². The molecule has 0 saturated carbocycles. The molecule has 1 aromatic heterocycles. The molecule has 0 bridgehead atoms. The van der Waals surface area contributed by atoms with E-state index in [4.69, 9.17) is 4.74 Å². The minimum atomic E-state index is -1.05. The number of fused-ring (bicyclic) bond motifs is 2. The van der Waals surface area contributed by atoms with Gasteiger partial charge in [-0.3, -0.25) is 9.69 Å². The molecule has 3 atom stereocenters. The van der Waals surface area contributed by atoms with E-state index in [9.17, 15) is 13.6 Å². The Balaban J connectivity index is 1.44. The van der Waals surface area contributed by atoms with Crippen LogP contribution < -0.4 is 9.64 Å². The standard InChI is InChI=1S/C32H35F4N5O2/c1-18-15-40(31(42)19(2)33)11-12-41(18)30-25-14-26(35)27(24-10-6-8-20-7-4-5-9-23(20)24)28(36)29(25)37-32(38-30)43-17-22-13-21(34)16-39(22)3/h6,8,10,14,18,21-22H,2,4-5,7,9,11-13,15-17H2,1,3H3/t18-,21+,22-/m0/s1. The van der Waals surface area contributed by atoms with Crippen molar-refractivity contribution in [2.45, 2.75) is 57.3 Å². The molecule has 228 valence electrons. The molecule has 2 aromatic carbocycles. The van der Waals surface area contributed by atoms with Crippen molar-refractivity contribution in [1.29, 1.82) is 0 Å². The number of amides is 1. The van der Waals surface area contributed by atoms with Crippen molar-refractivity contribution in [3.63, 3.8) is 0 Å². The van der Waals surface area contributed by atoms with E-state index >= 15 is 8.78 Å². The zero-order valence-corrected chi connectivity index (χ0v) is 24.4. The molecule has 2 fully saturated rings. The summed E-state index contributed by atoms with van der Waals surface area (Å²) in [5, 5.41) is 0.166. The minimum Gasteiger partial charge on any atom is -0.462 e. The third-order valence-electron chi connectivity index (χ3n) is 8.97. The third kappa shape index (κ3) is 5.55. The molecule has 1 aliphatic carbocycles. The molecule has 0 N–H and O–H groups in total. The smallest absolute Gasteiger partial charge is 0.319 e. The molecule has 43 heavy (non-hydrogen) atoms. The molecule has 1 amide bonds. The van der Waals surface area contributed by atoms with E-state index < -0.39 is 29.5 Å². The van der Waals surface area contributed by atoms with Crippen LogP contribution in [0.2, 0.25) is 0 Å². The summed E-state index contributed by atoms with van der Waals surface area (Å²) in [6.07, 6.45) is 2.91. The van der Waals surface area contributed by atoms with Crippen molar-refractivity contribution >= 4 is 22.6 Å². The maximum atomic E-state index is 16.6. The van der Waals surface area contributed by atoms with E-state index in [1.807, 2.05) is 35.9 Å². The van der Waals surface area contributed by atoms with Crippen molar-refractivity contribution in [2.24, 2.45) is 0 Å². The van der Waals surface area contributed by atoms with Crippen LogP contribution in [-0.4, -0.2) is 83.8 Å². The van der Waals surface area contributed by atoms with Gasteiger partial charge in [-0.05, 0) is 68.8 Å². The number of benzene rings is 2. The normalized spacial score (nSPS) is 22.6. The fourth-order valence-electron chi connectivity index (χ4n) is 6.71. The zero-order valence-electron chi connectivity index (χ0n) is 24.4. The topological polar surface area (TPSA) is 61.8 Å². The number of carbonyl (C=O) groups excluding carboxylic acids is 1. The summed E-state index contributed by atoms with van der Waals surface area (Å²) in [6, 6.07) is 6.17. The molecule has 2 saturated heterocycles. The monoisotopic (exact) mass is 597 g/mol. The van der Waals surface area contributed by atoms with Crippen molar-refractivity contribution in [3.8, 4) is 17.1 Å². The maximum absolute atomic E-state index is 16.6. The van der Waals surface area contributed by atoms with Crippen LogP contribution in [-0.2, 0) is 17.6 Å². The number of halogens is 4. The SMILES string of the molecule is C=C(F)C(=O)N1CCN(c2nc(OC[C@@H]3C[C@@H](F)CN3C)nc3c(F)c(-c4cccc5c4CCCC5)c(F)cc23)[C@@H](C)C1. The first-order valence-electron chi connectivity index (χ1n) is 14.8. The van der Waals surface area contributed by atoms with Crippen LogP contribution in [0.5, 0.6) is 6.01 Å². The molecular weight excluding hydrogens is 562 g/mol. The zero-order chi connectivity index (χ0) is 30.4. The average molecular weight is 598 g/mol. The van der Waals surface area contributed by atoms with E-state index in [-0.39, 0.29) is 66.6 Å². The number of hydrogen-bond acceptors (Lipinski definition) is 6. The van der Waals surface area contributed by atoms with Gasteiger partial charge in [-0.1, -0.05) is 24.8 Å². The number of piperazine rings is 1. The molecule has 3 heterocycles.